The van der Waals surface area contributed by atoms with E-state index in [9.17, 15) is 4.79 Å². The van der Waals surface area contributed by atoms with Gasteiger partial charge in [-0.25, -0.2) is 5.84 Å². The van der Waals surface area contributed by atoms with Crippen molar-refractivity contribution in [3.8, 4) is 0 Å². The van der Waals surface area contributed by atoms with Crippen LogP contribution < -0.4 is 16.6 Å². The number of benzene rings is 3. The highest BCUT2D eigenvalue weighted by molar-refractivity contribution is 5.93. The second-order valence-electron chi connectivity index (χ2n) is 6.88. The van der Waals surface area contributed by atoms with E-state index in [1.54, 1.807) is 12.1 Å². The third-order valence-corrected chi connectivity index (χ3v) is 5.25. The third-order valence-electron chi connectivity index (χ3n) is 5.25. The van der Waals surface area contributed by atoms with E-state index < -0.39 is 0 Å². The topological polar surface area (TPSA) is 67.1 Å². The number of amides is 1. The molecule has 0 spiro atoms. The second kappa shape index (κ2) is 7.74. The molecule has 0 fully saturated rings. The highest BCUT2D eigenvalue weighted by Crippen LogP contribution is 2.32. The quantitative estimate of drug-likeness (QED) is 0.381. The van der Waals surface area contributed by atoms with E-state index in [1.807, 2.05) is 12.1 Å². The molecule has 3 aromatic carbocycles. The van der Waals surface area contributed by atoms with Crippen LogP contribution in [0, 0.1) is 0 Å². The number of nitrogens with one attached hydrogen (secondary N) is 2. The molecule has 27 heavy (non-hydrogen) atoms. The zero-order valence-corrected chi connectivity index (χ0v) is 15.1. The standard InChI is InChI=1S/C23H23N3O/c24-26-23(27)19-11-9-16(10-12-19)15-25-22-20-7-3-1-5-17(20)13-14-18-6-2-4-8-21(18)22/h1-12,22,25H,13-15,24H2,(H,26,27). The minimum atomic E-state index is -0.277. The largest absolute Gasteiger partial charge is 0.302 e. The summed E-state index contributed by atoms with van der Waals surface area (Å²) in [5.41, 5.74) is 9.35. The van der Waals surface area contributed by atoms with E-state index in [4.69, 9.17) is 5.84 Å². The molecule has 0 atom stereocenters. The number of nitrogens with two attached hydrogens (primary N) is 1. The molecule has 1 aliphatic carbocycles. The molecule has 0 saturated carbocycles. The van der Waals surface area contributed by atoms with Crippen molar-refractivity contribution in [1.82, 2.24) is 10.7 Å². The molecule has 1 aliphatic rings. The summed E-state index contributed by atoms with van der Waals surface area (Å²) in [6.07, 6.45) is 2.13. The molecule has 0 heterocycles. The number of carbonyl (C=O) groups is 1. The summed E-state index contributed by atoms with van der Waals surface area (Å²) in [7, 11) is 0. The van der Waals surface area contributed by atoms with E-state index in [2.05, 4.69) is 59.3 Å². The Kier molecular flexibility index (Phi) is 5.01. The Morgan fingerprint density at radius 2 is 1.41 bits per heavy atom. The van der Waals surface area contributed by atoms with Gasteiger partial charge in [-0.15, -0.1) is 0 Å². The van der Waals surface area contributed by atoms with Gasteiger partial charge in [-0.2, -0.15) is 0 Å². The number of hydrogen-bond acceptors (Lipinski definition) is 3. The minimum absolute atomic E-state index is 0.159. The van der Waals surface area contributed by atoms with Crippen molar-refractivity contribution in [2.45, 2.75) is 25.4 Å². The van der Waals surface area contributed by atoms with Crippen LogP contribution in [0.1, 0.15) is 44.2 Å². The summed E-state index contributed by atoms with van der Waals surface area (Å²) < 4.78 is 0. The zero-order valence-electron chi connectivity index (χ0n) is 15.1. The molecule has 4 rings (SSSR count). The Hall–Kier alpha value is -2.95. The number of nitrogen functional groups attached to an aromatic ring is 1. The maximum absolute atomic E-state index is 11.6. The van der Waals surface area contributed by atoms with Gasteiger partial charge in [0.05, 0.1) is 6.04 Å². The van der Waals surface area contributed by atoms with Crippen molar-refractivity contribution in [2.75, 3.05) is 0 Å². The summed E-state index contributed by atoms with van der Waals surface area (Å²) in [6, 6.07) is 25.1. The van der Waals surface area contributed by atoms with E-state index in [0.29, 0.717) is 5.56 Å². The summed E-state index contributed by atoms with van der Waals surface area (Å²) in [5.74, 6) is 4.91. The number of hydrazine groups is 1. The van der Waals surface area contributed by atoms with Crippen LogP contribution >= 0.6 is 0 Å². The summed E-state index contributed by atoms with van der Waals surface area (Å²) in [4.78, 5) is 11.6. The molecule has 4 N–H and O–H groups in total. The molecule has 136 valence electrons. The normalized spacial score (nSPS) is 13.4. The van der Waals surface area contributed by atoms with Crippen LogP contribution in [0.3, 0.4) is 0 Å². The number of carbonyl (C=O) groups excluding carboxylic acids is 1. The monoisotopic (exact) mass is 357 g/mol. The van der Waals surface area contributed by atoms with E-state index in [0.717, 1.165) is 24.9 Å². The highest BCUT2D eigenvalue weighted by Gasteiger charge is 2.22. The molecule has 0 unspecified atom stereocenters. The lowest BCUT2D eigenvalue weighted by molar-refractivity contribution is 0.0953. The van der Waals surface area contributed by atoms with E-state index in [1.165, 1.54) is 22.3 Å². The number of fused-ring (bicyclic) bond motifs is 2. The van der Waals surface area contributed by atoms with Gasteiger partial charge in [0, 0.05) is 12.1 Å². The molecule has 4 heteroatoms. The van der Waals surface area contributed by atoms with Gasteiger partial charge in [-0.1, -0.05) is 60.7 Å². The summed E-state index contributed by atoms with van der Waals surface area (Å²) >= 11 is 0. The van der Waals surface area contributed by atoms with Gasteiger partial charge in [0.25, 0.3) is 5.91 Å². The van der Waals surface area contributed by atoms with Crippen LogP contribution in [-0.4, -0.2) is 5.91 Å². The number of hydrogen-bond donors (Lipinski definition) is 3. The Morgan fingerprint density at radius 3 is 1.96 bits per heavy atom. The number of rotatable bonds is 4. The van der Waals surface area contributed by atoms with Gasteiger partial charge in [-0.05, 0) is 52.8 Å². The van der Waals surface area contributed by atoms with Crippen molar-refractivity contribution >= 4 is 5.91 Å². The molecule has 1 amide bonds. The van der Waals surface area contributed by atoms with Gasteiger partial charge < -0.3 is 5.32 Å². The minimum Gasteiger partial charge on any atom is -0.302 e. The van der Waals surface area contributed by atoms with Crippen LogP contribution in [0.4, 0.5) is 0 Å². The summed E-state index contributed by atoms with van der Waals surface area (Å²) in [5, 5.41) is 3.73. The van der Waals surface area contributed by atoms with Crippen molar-refractivity contribution in [3.63, 3.8) is 0 Å². The number of aryl methyl sites for hydroxylation is 2. The van der Waals surface area contributed by atoms with Gasteiger partial charge in [0.2, 0.25) is 0 Å². The lowest BCUT2D eigenvalue weighted by Gasteiger charge is -2.22. The van der Waals surface area contributed by atoms with Crippen molar-refractivity contribution in [1.29, 1.82) is 0 Å². The zero-order chi connectivity index (χ0) is 18.6. The van der Waals surface area contributed by atoms with Crippen molar-refractivity contribution in [2.24, 2.45) is 5.84 Å². The van der Waals surface area contributed by atoms with E-state index >= 15 is 0 Å². The molecule has 0 bridgehead atoms. The second-order valence-corrected chi connectivity index (χ2v) is 6.88. The third kappa shape index (κ3) is 3.63. The molecule has 0 aromatic heterocycles. The maximum atomic E-state index is 11.6. The van der Waals surface area contributed by atoms with Crippen LogP contribution in [0.2, 0.25) is 0 Å². The van der Waals surface area contributed by atoms with Gasteiger partial charge in [-0.3, -0.25) is 10.2 Å². The van der Waals surface area contributed by atoms with Crippen LogP contribution in [0.5, 0.6) is 0 Å². The van der Waals surface area contributed by atoms with Crippen LogP contribution in [0.15, 0.2) is 72.8 Å². The van der Waals surface area contributed by atoms with Crippen LogP contribution in [-0.2, 0) is 19.4 Å². The molecule has 3 aromatic rings. The fourth-order valence-electron chi connectivity index (χ4n) is 3.82. The predicted octanol–water partition coefficient (Wildman–Crippen LogP) is 3.27. The average Bonchev–Trinajstić information content (AvgIpc) is 2.89. The first-order valence-electron chi connectivity index (χ1n) is 9.25. The Labute approximate surface area is 159 Å². The first-order chi connectivity index (χ1) is 13.3. The Bertz CT molecular complexity index is 902. The van der Waals surface area contributed by atoms with Gasteiger partial charge in [0.15, 0.2) is 0 Å². The fourth-order valence-corrected chi connectivity index (χ4v) is 3.82. The smallest absolute Gasteiger partial charge is 0.265 e. The maximum Gasteiger partial charge on any atom is 0.265 e. The predicted molar refractivity (Wildman–Crippen MR) is 107 cm³/mol. The molecular weight excluding hydrogens is 334 g/mol. The lowest BCUT2D eigenvalue weighted by atomic mass is 9.94. The molecule has 4 nitrogen and oxygen atoms in total. The van der Waals surface area contributed by atoms with Gasteiger partial charge in [0.1, 0.15) is 0 Å². The molecule has 0 aliphatic heterocycles. The lowest BCUT2D eigenvalue weighted by Crippen LogP contribution is -2.30. The van der Waals surface area contributed by atoms with Crippen LogP contribution in [0.25, 0.3) is 0 Å². The first-order valence-corrected chi connectivity index (χ1v) is 9.25. The molecule has 0 saturated heterocycles. The first kappa shape index (κ1) is 17.5. The van der Waals surface area contributed by atoms with Crippen molar-refractivity contribution < 1.29 is 4.79 Å². The SMILES string of the molecule is NNC(=O)c1ccc(CNC2c3ccccc3CCc3ccccc32)cc1. The molecular formula is C23H23N3O. The van der Waals surface area contributed by atoms with Crippen molar-refractivity contribution in [3.05, 3.63) is 106 Å². The Balaban J connectivity index is 1.60. The summed E-state index contributed by atoms with van der Waals surface area (Å²) in [6.45, 7) is 0.720. The highest BCUT2D eigenvalue weighted by atomic mass is 16.2. The fraction of sp³-hybridized carbons (Fsp3) is 0.174. The van der Waals surface area contributed by atoms with Gasteiger partial charge >= 0.3 is 0 Å². The van der Waals surface area contributed by atoms with E-state index in [-0.39, 0.29) is 11.9 Å². The Morgan fingerprint density at radius 1 is 0.852 bits per heavy atom. The average molecular weight is 357 g/mol. The molecule has 0 radical (unpaired) electrons.